The van der Waals surface area contributed by atoms with Crippen LogP contribution in [-0.4, -0.2) is 40.2 Å². The van der Waals surface area contributed by atoms with Gasteiger partial charge in [0.2, 0.25) is 0 Å². The molecule has 3 aromatic rings. The molecule has 0 bridgehead atoms. The Bertz CT molecular complexity index is 1180. The van der Waals surface area contributed by atoms with Gasteiger partial charge in [-0.1, -0.05) is 29.0 Å². The lowest BCUT2D eigenvalue weighted by Crippen LogP contribution is -2.31. The number of hydrogen-bond acceptors (Lipinski definition) is 7. The van der Waals surface area contributed by atoms with Crippen LogP contribution in [0.4, 0.5) is 0 Å². The normalized spacial score (nSPS) is 14.1. The number of hydrogen-bond donors (Lipinski definition) is 2. The second kappa shape index (κ2) is 12.2. The van der Waals surface area contributed by atoms with Crippen molar-refractivity contribution in [3.8, 4) is 16.7 Å². The first-order valence-corrected chi connectivity index (χ1v) is 12.8. The van der Waals surface area contributed by atoms with Gasteiger partial charge in [-0.2, -0.15) is 0 Å². The number of carbonyl (C=O) groups excluding carboxylic acids is 1. The maximum absolute atomic E-state index is 12.6. The molecule has 1 amide bonds. The summed E-state index contributed by atoms with van der Waals surface area (Å²) in [7, 11) is 0. The Morgan fingerprint density at radius 1 is 1.31 bits per heavy atom. The summed E-state index contributed by atoms with van der Waals surface area (Å²) in [6.45, 7) is 2.72. The molecule has 0 unspecified atom stereocenters. The molecule has 1 aliphatic rings. The average molecular weight is 514 g/mol. The molecule has 1 saturated carbocycles. The highest BCUT2D eigenvalue weighted by Gasteiger charge is 2.22. The molecule has 7 nitrogen and oxygen atoms in total. The van der Waals surface area contributed by atoms with Crippen LogP contribution in [0.15, 0.2) is 48.8 Å². The number of aromatic nitrogens is 2. The number of rotatable bonds is 12. The van der Waals surface area contributed by atoms with Crippen LogP contribution in [0.2, 0.25) is 5.02 Å². The molecular formula is C26H28ClN3O4S. The van der Waals surface area contributed by atoms with E-state index in [4.69, 9.17) is 26.2 Å². The van der Waals surface area contributed by atoms with Gasteiger partial charge in [-0.05, 0) is 68.9 Å². The molecule has 35 heavy (non-hydrogen) atoms. The Balaban J connectivity index is 1.29. The zero-order valence-electron chi connectivity index (χ0n) is 19.4. The van der Waals surface area contributed by atoms with E-state index in [-0.39, 0.29) is 18.6 Å². The SMILES string of the molecule is C[C@@H](/C=C/c1cnc(Oc2ccc(OCC3CC3)cc2Cl)s1)NC(=O)c1ccnc(CCCO)c1. The van der Waals surface area contributed by atoms with Crippen molar-refractivity contribution in [3.63, 3.8) is 0 Å². The first-order chi connectivity index (χ1) is 17.0. The molecule has 184 valence electrons. The predicted molar refractivity (Wildman–Crippen MR) is 137 cm³/mol. The van der Waals surface area contributed by atoms with Crippen molar-refractivity contribution < 1.29 is 19.4 Å². The number of nitrogens with one attached hydrogen (secondary N) is 1. The van der Waals surface area contributed by atoms with E-state index in [1.54, 1.807) is 36.7 Å². The van der Waals surface area contributed by atoms with Crippen molar-refractivity contribution in [1.82, 2.24) is 15.3 Å². The van der Waals surface area contributed by atoms with E-state index >= 15 is 0 Å². The Hall–Kier alpha value is -2.94. The van der Waals surface area contributed by atoms with Gasteiger partial charge in [-0.25, -0.2) is 4.98 Å². The number of aryl methyl sites for hydroxylation is 1. The summed E-state index contributed by atoms with van der Waals surface area (Å²) >= 11 is 7.73. The van der Waals surface area contributed by atoms with Gasteiger partial charge < -0.3 is 19.9 Å². The van der Waals surface area contributed by atoms with Gasteiger partial charge in [0.1, 0.15) is 11.5 Å². The first kappa shape index (κ1) is 25.2. The Morgan fingerprint density at radius 2 is 2.17 bits per heavy atom. The van der Waals surface area contributed by atoms with Crippen LogP contribution in [0.5, 0.6) is 16.7 Å². The number of amides is 1. The maximum Gasteiger partial charge on any atom is 0.279 e. The Labute approximate surface area is 213 Å². The molecule has 2 aromatic heterocycles. The van der Waals surface area contributed by atoms with E-state index in [0.29, 0.717) is 40.3 Å². The number of benzene rings is 1. The average Bonchev–Trinajstić information content (AvgIpc) is 3.59. The molecule has 9 heteroatoms. The fraction of sp³-hybridized carbons (Fsp3) is 0.346. The quantitative estimate of drug-likeness (QED) is 0.331. The molecular weight excluding hydrogens is 486 g/mol. The van der Waals surface area contributed by atoms with E-state index in [0.717, 1.165) is 22.9 Å². The number of aliphatic hydroxyl groups excluding tert-OH is 1. The molecule has 4 rings (SSSR count). The third-order valence-corrected chi connectivity index (χ3v) is 6.50. The second-order valence-electron chi connectivity index (χ2n) is 8.46. The lowest BCUT2D eigenvalue weighted by Gasteiger charge is -2.10. The highest BCUT2D eigenvalue weighted by Crippen LogP contribution is 2.35. The van der Waals surface area contributed by atoms with Gasteiger partial charge in [-0.3, -0.25) is 9.78 Å². The van der Waals surface area contributed by atoms with Crippen molar-refractivity contribution in [2.75, 3.05) is 13.2 Å². The van der Waals surface area contributed by atoms with Crippen molar-refractivity contribution in [2.24, 2.45) is 5.92 Å². The minimum atomic E-state index is -0.194. The number of pyridine rings is 1. The molecule has 1 fully saturated rings. The molecule has 0 spiro atoms. The predicted octanol–water partition coefficient (Wildman–Crippen LogP) is 5.53. The number of aliphatic hydroxyl groups is 1. The monoisotopic (exact) mass is 513 g/mol. The number of nitrogens with zero attached hydrogens (tertiary/aromatic N) is 2. The van der Waals surface area contributed by atoms with E-state index in [2.05, 4.69) is 15.3 Å². The summed E-state index contributed by atoms with van der Waals surface area (Å²) in [5, 5.41) is 12.9. The molecule has 2 heterocycles. The van der Waals surface area contributed by atoms with Crippen LogP contribution in [0, 0.1) is 5.92 Å². The number of halogens is 1. The fourth-order valence-electron chi connectivity index (χ4n) is 3.23. The van der Waals surface area contributed by atoms with Gasteiger partial charge in [0.05, 0.1) is 16.5 Å². The van der Waals surface area contributed by atoms with E-state index in [1.165, 1.54) is 24.2 Å². The van der Waals surface area contributed by atoms with E-state index < -0.39 is 0 Å². The number of ether oxygens (including phenoxy) is 2. The van der Waals surface area contributed by atoms with Crippen molar-refractivity contribution in [1.29, 1.82) is 0 Å². The van der Waals surface area contributed by atoms with Gasteiger partial charge >= 0.3 is 0 Å². The number of carbonyl (C=O) groups is 1. The van der Waals surface area contributed by atoms with Crippen LogP contribution < -0.4 is 14.8 Å². The topological polar surface area (TPSA) is 93.6 Å². The minimum Gasteiger partial charge on any atom is -0.493 e. The Kier molecular flexibility index (Phi) is 8.74. The number of thiazole rings is 1. The van der Waals surface area contributed by atoms with E-state index in [1.807, 2.05) is 25.1 Å². The van der Waals surface area contributed by atoms with Crippen LogP contribution in [-0.2, 0) is 6.42 Å². The van der Waals surface area contributed by atoms with Gasteiger partial charge in [0.15, 0.2) is 0 Å². The highest BCUT2D eigenvalue weighted by molar-refractivity contribution is 7.14. The van der Waals surface area contributed by atoms with Crippen LogP contribution in [0.3, 0.4) is 0 Å². The molecule has 0 saturated heterocycles. The molecule has 1 aliphatic carbocycles. The molecule has 0 aliphatic heterocycles. The molecule has 1 aromatic carbocycles. The standard InChI is InChI=1S/C26H28ClN3O4S/c1-17(30-25(32)19-10-11-28-20(13-19)3-2-12-31)4-8-22-15-29-26(35-22)34-24-9-7-21(14-23(24)27)33-16-18-5-6-18/h4,7-11,13-15,17-18,31H,2-3,5-6,12,16H2,1H3,(H,30,32)/b8-4+/t17-/m0/s1. The van der Waals surface area contributed by atoms with Crippen molar-refractivity contribution in [3.05, 3.63) is 70.0 Å². The van der Waals surface area contributed by atoms with Gasteiger partial charge in [0.25, 0.3) is 11.1 Å². The van der Waals surface area contributed by atoms with Crippen LogP contribution in [0.25, 0.3) is 6.08 Å². The minimum absolute atomic E-state index is 0.0961. The highest BCUT2D eigenvalue weighted by atomic mass is 35.5. The third-order valence-electron chi connectivity index (χ3n) is 5.36. The van der Waals surface area contributed by atoms with Crippen LogP contribution in [0.1, 0.15) is 47.1 Å². The van der Waals surface area contributed by atoms with Crippen molar-refractivity contribution in [2.45, 2.75) is 38.6 Å². The van der Waals surface area contributed by atoms with Crippen molar-refractivity contribution >= 4 is 34.9 Å². The summed E-state index contributed by atoms with van der Waals surface area (Å²) in [5.74, 6) is 1.75. The zero-order chi connectivity index (χ0) is 24.6. The summed E-state index contributed by atoms with van der Waals surface area (Å²) in [5.41, 5.74) is 1.33. The first-order valence-electron chi connectivity index (χ1n) is 11.6. The summed E-state index contributed by atoms with van der Waals surface area (Å²) in [4.78, 5) is 22.0. The maximum atomic E-state index is 12.6. The third kappa shape index (κ3) is 7.78. The largest absolute Gasteiger partial charge is 0.493 e. The fourth-order valence-corrected chi connectivity index (χ4v) is 4.13. The summed E-state index contributed by atoms with van der Waals surface area (Å²) in [6, 6.07) is 8.63. The van der Waals surface area contributed by atoms with Gasteiger partial charge in [0, 0.05) is 42.4 Å². The summed E-state index contributed by atoms with van der Waals surface area (Å²) < 4.78 is 11.6. The lowest BCUT2D eigenvalue weighted by molar-refractivity contribution is 0.0947. The lowest BCUT2D eigenvalue weighted by atomic mass is 10.1. The summed E-state index contributed by atoms with van der Waals surface area (Å²) in [6.07, 6.45) is 10.8. The van der Waals surface area contributed by atoms with E-state index in [9.17, 15) is 4.79 Å². The zero-order valence-corrected chi connectivity index (χ0v) is 21.0. The Morgan fingerprint density at radius 3 is 2.94 bits per heavy atom. The van der Waals surface area contributed by atoms with Gasteiger partial charge in [-0.15, -0.1) is 0 Å². The molecule has 0 radical (unpaired) electrons. The second-order valence-corrected chi connectivity index (χ2v) is 9.89. The van der Waals surface area contributed by atoms with Crippen LogP contribution >= 0.6 is 22.9 Å². The molecule has 1 atom stereocenters. The molecule has 2 N–H and O–H groups in total. The smallest absolute Gasteiger partial charge is 0.279 e.